The molecular weight excluding hydrogens is 408 g/mol. The first-order chi connectivity index (χ1) is 14.1. The number of hydrogen-bond donors (Lipinski definition) is 1. The molecule has 1 saturated heterocycles. The predicted octanol–water partition coefficient (Wildman–Crippen LogP) is 2.79. The number of carboxylic acid groups (broad SMARTS) is 1. The van der Waals surface area contributed by atoms with E-state index in [1.807, 2.05) is 13.8 Å². The van der Waals surface area contributed by atoms with Crippen LogP contribution in [0.4, 0.5) is 4.79 Å². The molecule has 1 aromatic heterocycles. The maximum absolute atomic E-state index is 12.6. The SMILES string of the molecule is CC(C)C1CC(Oc2ccn(-c3ccc(S(C)(=O)=O)cc3)c(=O)c2)CCN1C(=O)O. The molecule has 30 heavy (non-hydrogen) atoms. The van der Waals surface area contributed by atoms with Gasteiger partial charge in [-0.2, -0.15) is 0 Å². The van der Waals surface area contributed by atoms with Gasteiger partial charge in [0.05, 0.1) is 4.90 Å². The number of carbonyl (C=O) groups is 1. The molecule has 3 rings (SSSR count). The number of aromatic nitrogens is 1. The first kappa shape index (κ1) is 21.9. The normalized spacial score (nSPS) is 19.7. The highest BCUT2D eigenvalue weighted by atomic mass is 32.2. The molecular formula is C21H26N2O6S. The summed E-state index contributed by atoms with van der Waals surface area (Å²) in [5, 5.41) is 9.38. The van der Waals surface area contributed by atoms with Crippen LogP contribution in [0.3, 0.4) is 0 Å². The van der Waals surface area contributed by atoms with Gasteiger partial charge in [0.15, 0.2) is 9.84 Å². The summed E-state index contributed by atoms with van der Waals surface area (Å²) in [6.07, 6.45) is 2.75. The Hall–Kier alpha value is -2.81. The van der Waals surface area contributed by atoms with Crippen molar-refractivity contribution in [3.63, 3.8) is 0 Å². The lowest BCUT2D eigenvalue weighted by molar-refractivity contribution is 0.0381. The van der Waals surface area contributed by atoms with Gasteiger partial charge < -0.3 is 14.7 Å². The van der Waals surface area contributed by atoms with Gasteiger partial charge in [0, 0.05) is 49.6 Å². The van der Waals surface area contributed by atoms with Gasteiger partial charge in [-0.3, -0.25) is 9.36 Å². The highest BCUT2D eigenvalue weighted by Crippen LogP contribution is 2.26. The summed E-state index contributed by atoms with van der Waals surface area (Å²) in [4.78, 5) is 25.6. The molecule has 2 aromatic rings. The Balaban J connectivity index is 1.74. The first-order valence-corrected chi connectivity index (χ1v) is 11.6. The topological polar surface area (TPSA) is 106 Å². The van der Waals surface area contributed by atoms with Crippen LogP contribution in [0.2, 0.25) is 0 Å². The molecule has 2 atom stereocenters. The minimum atomic E-state index is -3.30. The van der Waals surface area contributed by atoms with E-state index in [-0.39, 0.29) is 28.5 Å². The molecule has 2 heterocycles. The van der Waals surface area contributed by atoms with E-state index in [9.17, 15) is 23.1 Å². The van der Waals surface area contributed by atoms with Gasteiger partial charge in [-0.1, -0.05) is 13.8 Å². The molecule has 1 aliphatic heterocycles. The summed E-state index contributed by atoms with van der Waals surface area (Å²) in [5.74, 6) is 0.593. The summed E-state index contributed by atoms with van der Waals surface area (Å²) in [7, 11) is -3.30. The number of rotatable bonds is 5. The zero-order valence-corrected chi connectivity index (χ0v) is 18.0. The van der Waals surface area contributed by atoms with Crippen LogP contribution in [0.25, 0.3) is 5.69 Å². The first-order valence-electron chi connectivity index (χ1n) is 9.75. The Morgan fingerprint density at radius 2 is 1.87 bits per heavy atom. The Bertz CT molecular complexity index is 1080. The molecule has 2 unspecified atom stereocenters. The van der Waals surface area contributed by atoms with Gasteiger partial charge in [-0.05, 0) is 36.2 Å². The fourth-order valence-electron chi connectivity index (χ4n) is 3.73. The van der Waals surface area contributed by atoms with Crippen LogP contribution < -0.4 is 10.3 Å². The molecule has 1 N–H and O–H groups in total. The second-order valence-electron chi connectivity index (χ2n) is 7.89. The third-order valence-electron chi connectivity index (χ3n) is 5.35. The van der Waals surface area contributed by atoms with Crippen molar-refractivity contribution in [3.8, 4) is 11.4 Å². The lowest BCUT2D eigenvalue weighted by Gasteiger charge is -2.39. The van der Waals surface area contributed by atoms with Gasteiger partial charge in [0.2, 0.25) is 0 Å². The van der Waals surface area contributed by atoms with E-state index in [2.05, 4.69) is 0 Å². The molecule has 0 bridgehead atoms. The van der Waals surface area contributed by atoms with Crippen LogP contribution in [-0.4, -0.2) is 54.0 Å². The molecule has 1 amide bonds. The predicted molar refractivity (Wildman–Crippen MR) is 112 cm³/mol. The molecule has 8 nitrogen and oxygen atoms in total. The average Bonchev–Trinajstić information content (AvgIpc) is 2.67. The van der Waals surface area contributed by atoms with E-state index in [0.717, 1.165) is 6.26 Å². The van der Waals surface area contributed by atoms with Crippen molar-refractivity contribution in [1.82, 2.24) is 9.47 Å². The van der Waals surface area contributed by atoms with Crippen LogP contribution in [0.15, 0.2) is 52.3 Å². The number of piperidine rings is 1. The van der Waals surface area contributed by atoms with Crippen molar-refractivity contribution >= 4 is 15.9 Å². The summed E-state index contributed by atoms with van der Waals surface area (Å²) in [5.41, 5.74) is 0.247. The minimum absolute atomic E-state index is 0.130. The van der Waals surface area contributed by atoms with Gasteiger partial charge in [0.1, 0.15) is 11.9 Å². The standard InChI is InChI=1S/C21H26N2O6S/c1-14(2)19-12-16(9-11-23(19)21(25)26)29-17-8-10-22(20(24)13-17)15-4-6-18(7-5-15)30(3,27)28/h4-8,10,13-14,16,19H,9,11-12H2,1-3H3,(H,25,26). The summed E-state index contributed by atoms with van der Waals surface area (Å²) >= 11 is 0. The lowest BCUT2D eigenvalue weighted by Crippen LogP contribution is -2.50. The molecule has 0 saturated carbocycles. The van der Waals surface area contributed by atoms with Gasteiger partial charge in [-0.25, -0.2) is 13.2 Å². The molecule has 0 spiro atoms. The highest BCUT2D eigenvalue weighted by molar-refractivity contribution is 7.90. The van der Waals surface area contributed by atoms with Crippen molar-refractivity contribution in [2.75, 3.05) is 12.8 Å². The Kier molecular flexibility index (Phi) is 6.21. The number of likely N-dealkylation sites (tertiary alicyclic amines) is 1. The monoisotopic (exact) mass is 434 g/mol. The Morgan fingerprint density at radius 1 is 1.20 bits per heavy atom. The highest BCUT2D eigenvalue weighted by Gasteiger charge is 2.34. The largest absolute Gasteiger partial charge is 0.490 e. The molecule has 9 heteroatoms. The average molecular weight is 435 g/mol. The zero-order chi connectivity index (χ0) is 22.1. The maximum Gasteiger partial charge on any atom is 0.407 e. The summed E-state index contributed by atoms with van der Waals surface area (Å²) < 4.78 is 30.6. The van der Waals surface area contributed by atoms with E-state index in [1.54, 1.807) is 24.4 Å². The number of ether oxygens (including phenoxy) is 1. The van der Waals surface area contributed by atoms with E-state index in [4.69, 9.17) is 4.74 Å². The number of benzene rings is 1. The quantitative estimate of drug-likeness (QED) is 0.776. The van der Waals surface area contributed by atoms with Crippen molar-refractivity contribution < 1.29 is 23.1 Å². The molecule has 0 aliphatic carbocycles. The second-order valence-corrected chi connectivity index (χ2v) is 9.90. The number of hydrogen-bond acceptors (Lipinski definition) is 5. The van der Waals surface area contributed by atoms with E-state index < -0.39 is 15.9 Å². The summed E-state index contributed by atoms with van der Waals surface area (Å²) in [6, 6.07) is 9.02. The molecule has 0 radical (unpaired) electrons. The molecule has 1 fully saturated rings. The Morgan fingerprint density at radius 3 is 2.40 bits per heavy atom. The van der Waals surface area contributed by atoms with Crippen LogP contribution in [0, 0.1) is 5.92 Å². The van der Waals surface area contributed by atoms with Crippen molar-refractivity contribution in [2.45, 2.75) is 43.7 Å². The van der Waals surface area contributed by atoms with Crippen LogP contribution in [0.5, 0.6) is 5.75 Å². The molecule has 1 aromatic carbocycles. The fraction of sp³-hybridized carbons (Fsp3) is 0.429. The summed E-state index contributed by atoms with van der Waals surface area (Å²) in [6.45, 7) is 4.37. The van der Waals surface area contributed by atoms with Crippen molar-refractivity contribution in [3.05, 3.63) is 52.9 Å². The number of pyridine rings is 1. The molecule has 162 valence electrons. The second kappa shape index (κ2) is 8.51. The van der Waals surface area contributed by atoms with Crippen molar-refractivity contribution in [1.29, 1.82) is 0 Å². The molecule has 1 aliphatic rings. The van der Waals surface area contributed by atoms with Crippen LogP contribution in [-0.2, 0) is 9.84 Å². The van der Waals surface area contributed by atoms with E-state index in [1.165, 1.54) is 27.7 Å². The number of nitrogens with zero attached hydrogens (tertiary/aromatic N) is 2. The van der Waals surface area contributed by atoms with Crippen LogP contribution in [0.1, 0.15) is 26.7 Å². The van der Waals surface area contributed by atoms with Crippen LogP contribution >= 0.6 is 0 Å². The van der Waals surface area contributed by atoms with E-state index in [0.29, 0.717) is 30.8 Å². The number of sulfone groups is 1. The smallest absolute Gasteiger partial charge is 0.407 e. The fourth-order valence-corrected chi connectivity index (χ4v) is 4.36. The zero-order valence-electron chi connectivity index (χ0n) is 17.2. The van der Waals surface area contributed by atoms with E-state index >= 15 is 0 Å². The maximum atomic E-state index is 12.6. The van der Waals surface area contributed by atoms with Crippen molar-refractivity contribution in [2.24, 2.45) is 5.92 Å². The minimum Gasteiger partial charge on any atom is -0.490 e. The van der Waals surface area contributed by atoms with Gasteiger partial charge >= 0.3 is 6.09 Å². The Labute approximate surface area is 175 Å². The third-order valence-corrected chi connectivity index (χ3v) is 6.48. The lowest BCUT2D eigenvalue weighted by atomic mass is 9.91. The van der Waals surface area contributed by atoms with Gasteiger partial charge in [-0.15, -0.1) is 0 Å². The third kappa shape index (κ3) is 4.84. The van der Waals surface area contributed by atoms with Gasteiger partial charge in [0.25, 0.3) is 5.56 Å². The number of amides is 1.